The van der Waals surface area contributed by atoms with E-state index in [4.69, 9.17) is 16.3 Å². The number of carbonyl (C=O) groups is 3. The molecule has 2 aliphatic heterocycles. The molecule has 3 aliphatic rings. The number of nitrogens with zero attached hydrogens (tertiary/aromatic N) is 2. The maximum atomic E-state index is 13.5. The monoisotopic (exact) mass is 452 g/mol. The summed E-state index contributed by atoms with van der Waals surface area (Å²) in [7, 11) is 0. The topological polar surface area (TPSA) is 66.9 Å². The van der Waals surface area contributed by atoms with Crippen molar-refractivity contribution in [3.05, 3.63) is 69.7 Å². The van der Waals surface area contributed by atoms with Gasteiger partial charge >= 0.3 is 0 Å². The van der Waals surface area contributed by atoms with Crippen molar-refractivity contribution in [2.45, 2.75) is 50.8 Å². The molecule has 2 aromatic rings. The lowest BCUT2D eigenvalue weighted by molar-refractivity contribution is 0.0475. The van der Waals surface area contributed by atoms with E-state index in [-0.39, 0.29) is 42.5 Å². The lowest BCUT2D eigenvalue weighted by atomic mass is 10.0. The predicted molar refractivity (Wildman–Crippen MR) is 120 cm³/mol. The summed E-state index contributed by atoms with van der Waals surface area (Å²) >= 11 is 6.02. The van der Waals surface area contributed by atoms with Gasteiger partial charge < -0.3 is 9.64 Å². The molecular weight excluding hydrogens is 428 g/mol. The van der Waals surface area contributed by atoms with Crippen molar-refractivity contribution in [3.8, 4) is 0 Å². The van der Waals surface area contributed by atoms with Crippen LogP contribution >= 0.6 is 11.6 Å². The van der Waals surface area contributed by atoms with Gasteiger partial charge in [-0.1, -0.05) is 23.7 Å². The Balaban J connectivity index is 1.40. The summed E-state index contributed by atoms with van der Waals surface area (Å²) in [6.07, 6.45) is 3.59. The van der Waals surface area contributed by atoms with Crippen LogP contribution in [0.2, 0.25) is 5.02 Å². The first-order valence-corrected chi connectivity index (χ1v) is 11.5. The Morgan fingerprint density at radius 2 is 1.81 bits per heavy atom. The normalized spacial score (nSPS) is 21.1. The summed E-state index contributed by atoms with van der Waals surface area (Å²) in [6, 6.07) is 12.4. The highest BCUT2D eigenvalue weighted by Crippen LogP contribution is 2.36. The zero-order valence-corrected chi connectivity index (χ0v) is 18.7. The molecule has 166 valence electrons. The maximum absolute atomic E-state index is 13.5. The number of fused-ring (bicyclic) bond motifs is 1. The number of amides is 3. The third-order valence-corrected chi connectivity index (χ3v) is 6.82. The van der Waals surface area contributed by atoms with Gasteiger partial charge in [-0.25, -0.2) is 0 Å². The van der Waals surface area contributed by atoms with Crippen molar-refractivity contribution in [2.24, 2.45) is 0 Å². The van der Waals surface area contributed by atoms with Gasteiger partial charge in [0.25, 0.3) is 17.7 Å². The van der Waals surface area contributed by atoms with Crippen molar-refractivity contribution in [2.75, 3.05) is 13.2 Å². The number of benzene rings is 2. The Morgan fingerprint density at radius 3 is 2.47 bits per heavy atom. The number of imide groups is 1. The third kappa shape index (κ3) is 3.82. The minimum atomic E-state index is -0.348. The third-order valence-electron chi connectivity index (χ3n) is 6.57. The maximum Gasteiger partial charge on any atom is 0.261 e. The lowest BCUT2D eigenvalue weighted by Gasteiger charge is -2.30. The van der Waals surface area contributed by atoms with Gasteiger partial charge in [0, 0.05) is 23.2 Å². The molecule has 2 aromatic carbocycles. The minimum Gasteiger partial charge on any atom is -0.376 e. The summed E-state index contributed by atoms with van der Waals surface area (Å²) < 4.78 is 5.60. The molecule has 0 N–H and O–H groups in total. The van der Waals surface area contributed by atoms with Crippen LogP contribution in [0.15, 0.2) is 42.5 Å². The zero-order valence-electron chi connectivity index (χ0n) is 17.9. The van der Waals surface area contributed by atoms with Crippen molar-refractivity contribution in [1.82, 2.24) is 9.80 Å². The molecule has 2 fully saturated rings. The Labute approximate surface area is 192 Å². The van der Waals surface area contributed by atoms with Gasteiger partial charge in [-0.15, -0.1) is 0 Å². The average molecular weight is 453 g/mol. The first kappa shape index (κ1) is 21.2. The largest absolute Gasteiger partial charge is 0.376 e. The van der Waals surface area contributed by atoms with E-state index >= 15 is 0 Å². The van der Waals surface area contributed by atoms with E-state index in [1.165, 1.54) is 4.90 Å². The molecule has 0 aromatic heterocycles. The van der Waals surface area contributed by atoms with Crippen molar-refractivity contribution in [1.29, 1.82) is 0 Å². The van der Waals surface area contributed by atoms with Crippen LogP contribution in [0.3, 0.4) is 0 Å². The highest BCUT2D eigenvalue weighted by atomic mass is 35.5. The Hall–Kier alpha value is -2.70. The molecule has 1 saturated heterocycles. The Kier molecular flexibility index (Phi) is 5.51. The van der Waals surface area contributed by atoms with E-state index < -0.39 is 0 Å². The smallest absolute Gasteiger partial charge is 0.261 e. The van der Waals surface area contributed by atoms with Crippen LogP contribution in [0.4, 0.5) is 0 Å². The van der Waals surface area contributed by atoms with Gasteiger partial charge in [0.2, 0.25) is 0 Å². The van der Waals surface area contributed by atoms with Crippen LogP contribution in [0.25, 0.3) is 0 Å². The van der Waals surface area contributed by atoms with Crippen LogP contribution in [0.5, 0.6) is 0 Å². The molecule has 32 heavy (non-hydrogen) atoms. The minimum absolute atomic E-state index is 0.108. The van der Waals surface area contributed by atoms with Gasteiger partial charge in [-0.05, 0) is 68.5 Å². The summed E-state index contributed by atoms with van der Waals surface area (Å²) in [5.74, 6) is -0.789. The Morgan fingerprint density at radius 1 is 1.09 bits per heavy atom. The number of hydrogen-bond acceptors (Lipinski definition) is 4. The van der Waals surface area contributed by atoms with E-state index in [0.717, 1.165) is 31.2 Å². The van der Waals surface area contributed by atoms with Crippen LogP contribution in [0.1, 0.15) is 75.3 Å². The second-order valence-electron chi connectivity index (χ2n) is 8.79. The number of hydrogen-bond donors (Lipinski definition) is 0. The standard InChI is InChI=1S/C25H25ClN2O4/c1-15(16-4-7-18(26)8-5-16)28(19-9-10-19)23(29)17-6-11-21-22(13-17)25(31)27(24(21)30)14-20-3-2-12-32-20/h4-8,11,13,15,19-20H,2-3,9-10,12,14H2,1H3. The van der Waals surface area contributed by atoms with Crippen LogP contribution in [0, 0.1) is 0 Å². The molecule has 7 heteroatoms. The molecule has 3 amide bonds. The van der Waals surface area contributed by atoms with Gasteiger partial charge in [-0.2, -0.15) is 0 Å². The molecule has 0 bridgehead atoms. The number of ether oxygens (including phenoxy) is 1. The van der Waals surface area contributed by atoms with Crippen LogP contribution < -0.4 is 0 Å². The van der Waals surface area contributed by atoms with E-state index in [9.17, 15) is 14.4 Å². The fourth-order valence-corrected chi connectivity index (χ4v) is 4.77. The summed E-state index contributed by atoms with van der Waals surface area (Å²) in [5, 5.41) is 0.652. The molecule has 2 unspecified atom stereocenters. The van der Waals surface area contributed by atoms with E-state index in [1.54, 1.807) is 18.2 Å². The number of halogens is 1. The quantitative estimate of drug-likeness (QED) is 0.606. The first-order valence-electron chi connectivity index (χ1n) is 11.1. The fourth-order valence-electron chi connectivity index (χ4n) is 4.64. The number of rotatable bonds is 6. The van der Waals surface area contributed by atoms with Crippen molar-refractivity contribution < 1.29 is 19.1 Å². The van der Waals surface area contributed by atoms with Crippen LogP contribution in [-0.4, -0.2) is 52.8 Å². The molecular formula is C25H25ClN2O4. The van der Waals surface area contributed by atoms with Crippen molar-refractivity contribution in [3.63, 3.8) is 0 Å². The highest BCUT2D eigenvalue weighted by Gasteiger charge is 2.40. The SMILES string of the molecule is CC(c1ccc(Cl)cc1)N(C(=O)c1ccc2c(c1)C(=O)N(CC1CCCO1)C2=O)C1CC1. The fraction of sp³-hybridized carbons (Fsp3) is 0.400. The van der Waals surface area contributed by atoms with E-state index in [0.29, 0.717) is 28.3 Å². The summed E-state index contributed by atoms with van der Waals surface area (Å²) in [5.41, 5.74) is 2.09. The molecule has 1 aliphatic carbocycles. The summed E-state index contributed by atoms with van der Waals surface area (Å²) in [4.78, 5) is 42.4. The molecule has 5 rings (SSSR count). The molecule has 0 spiro atoms. The van der Waals surface area contributed by atoms with E-state index in [2.05, 4.69) is 0 Å². The predicted octanol–water partition coefficient (Wildman–Crippen LogP) is 4.48. The molecule has 2 atom stereocenters. The van der Waals surface area contributed by atoms with Gasteiger partial charge in [0.05, 0.1) is 29.8 Å². The van der Waals surface area contributed by atoms with Gasteiger partial charge in [-0.3, -0.25) is 19.3 Å². The second-order valence-corrected chi connectivity index (χ2v) is 9.22. The number of carbonyl (C=O) groups excluding carboxylic acids is 3. The summed E-state index contributed by atoms with van der Waals surface area (Å²) in [6.45, 7) is 2.93. The second kappa shape index (κ2) is 8.34. The van der Waals surface area contributed by atoms with Gasteiger partial charge in [0.15, 0.2) is 0 Å². The van der Waals surface area contributed by atoms with Crippen LogP contribution in [-0.2, 0) is 4.74 Å². The zero-order chi connectivity index (χ0) is 22.4. The average Bonchev–Trinajstić information content (AvgIpc) is 3.44. The molecule has 0 radical (unpaired) electrons. The highest BCUT2D eigenvalue weighted by molar-refractivity contribution is 6.30. The first-order chi connectivity index (χ1) is 15.4. The Bertz CT molecular complexity index is 1070. The molecule has 6 nitrogen and oxygen atoms in total. The van der Waals surface area contributed by atoms with E-state index in [1.807, 2.05) is 36.1 Å². The molecule has 2 heterocycles. The van der Waals surface area contributed by atoms with Gasteiger partial charge in [0.1, 0.15) is 0 Å². The van der Waals surface area contributed by atoms with Crippen molar-refractivity contribution >= 4 is 29.3 Å². The molecule has 1 saturated carbocycles. The lowest BCUT2D eigenvalue weighted by Crippen LogP contribution is -2.36.